The quantitative estimate of drug-likeness (QED) is 0.833. The largest absolute Gasteiger partial charge is 0.490 e. The van der Waals surface area contributed by atoms with Crippen LogP contribution in [0.4, 0.5) is 4.79 Å². The van der Waals surface area contributed by atoms with E-state index < -0.39 is 0 Å². The molecule has 1 atom stereocenters. The van der Waals surface area contributed by atoms with Gasteiger partial charge in [-0.3, -0.25) is 0 Å². The van der Waals surface area contributed by atoms with E-state index in [2.05, 4.69) is 29.3 Å². The van der Waals surface area contributed by atoms with E-state index in [4.69, 9.17) is 4.74 Å². The van der Waals surface area contributed by atoms with Crippen molar-refractivity contribution in [2.75, 3.05) is 6.61 Å². The highest BCUT2D eigenvalue weighted by Crippen LogP contribution is 2.39. The van der Waals surface area contributed by atoms with Gasteiger partial charge in [0.25, 0.3) is 0 Å². The smallest absolute Gasteiger partial charge is 0.319 e. The third-order valence-corrected chi connectivity index (χ3v) is 4.69. The minimum absolute atomic E-state index is 0.135. The minimum atomic E-state index is -0.169. The molecule has 0 saturated carbocycles. The van der Waals surface area contributed by atoms with Crippen molar-refractivity contribution in [3.63, 3.8) is 0 Å². The number of carbonyl (C=O) groups is 1. The Bertz CT molecular complexity index is 870. The van der Waals surface area contributed by atoms with Gasteiger partial charge in [0.1, 0.15) is 12.4 Å². The number of hydrogen-bond donors (Lipinski definition) is 2. The molecule has 1 unspecified atom stereocenters. The highest BCUT2D eigenvalue weighted by Gasteiger charge is 2.31. The lowest BCUT2D eigenvalue weighted by molar-refractivity contribution is 0.240. The summed E-state index contributed by atoms with van der Waals surface area (Å²) in [7, 11) is 0. The van der Waals surface area contributed by atoms with Gasteiger partial charge in [0.15, 0.2) is 0 Å². The third-order valence-electron chi connectivity index (χ3n) is 4.69. The molecule has 2 N–H and O–H groups in total. The predicted molar refractivity (Wildman–Crippen MR) is 98.2 cm³/mol. The van der Waals surface area contributed by atoms with Crippen LogP contribution in [0.1, 0.15) is 29.2 Å². The first-order valence-corrected chi connectivity index (χ1v) is 8.49. The molecule has 0 spiro atoms. The van der Waals surface area contributed by atoms with Crippen molar-refractivity contribution in [1.82, 2.24) is 10.6 Å². The fourth-order valence-corrected chi connectivity index (χ4v) is 3.58. The van der Waals surface area contributed by atoms with Crippen LogP contribution >= 0.6 is 0 Å². The van der Waals surface area contributed by atoms with E-state index in [1.807, 2.05) is 36.4 Å². The van der Waals surface area contributed by atoms with Crippen molar-refractivity contribution in [3.8, 4) is 5.75 Å². The van der Waals surface area contributed by atoms with Gasteiger partial charge in [-0.05, 0) is 41.7 Å². The Morgan fingerprint density at radius 2 is 2.04 bits per heavy atom. The Kier molecular flexibility index (Phi) is 4.02. The Labute approximate surface area is 147 Å². The number of rotatable bonds is 4. The zero-order valence-corrected chi connectivity index (χ0v) is 13.9. The molecule has 4 nitrogen and oxygen atoms in total. The molecule has 2 aromatic carbocycles. The average Bonchev–Trinajstić information content (AvgIpc) is 2.66. The second-order valence-electron chi connectivity index (χ2n) is 6.26. The lowest BCUT2D eigenvalue weighted by Crippen LogP contribution is -2.44. The zero-order valence-electron chi connectivity index (χ0n) is 13.9. The molecule has 2 amide bonds. The fourth-order valence-electron chi connectivity index (χ4n) is 3.58. The van der Waals surface area contributed by atoms with Gasteiger partial charge >= 0.3 is 6.03 Å². The summed E-state index contributed by atoms with van der Waals surface area (Å²) >= 11 is 0. The van der Waals surface area contributed by atoms with E-state index in [0.29, 0.717) is 6.61 Å². The van der Waals surface area contributed by atoms with E-state index in [9.17, 15) is 4.79 Å². The number of urea groups is 1. The fraction of sp³-hybridized carbons (Fsp3) is 0.190. The maximum atomic E-state index is 12.3. The average molecular weight is 332 g/mol. The molecule has 0 bridgehead atoms. The number of hydrogen-bond acceptors (Lipinski definition) is 2. The van der Waals surface area contributed by atoms with Crippen molar-refractivity contribution in [2.45, 2.75) is 18.9 Å². The normalized spacial score (nSPS) is 18.6. The number of benzene rings is 2. The molecule has 126 valence electrons. The summed E-state index contributed by atoms with van der Waals surface area (Å²) in [6, 6.07) is 15.9. The van der Waals surface area contributed by atoms with Crippen LogP contribution in [0, 0.1) is 0 Å². The first kappa shape index (κ1) is 15.5. The van der Waals surface area contributed by atoms with Crippen LogP contribution in [0.2, 0.25) is 0 Å². The van der Waals surface area contributed by atoms with Crippen LogP contribution in [0.25, 0.3) is 5.70 Å². The Hall–Kier alpha value is -3.01. The molecular formula is C21H20N2O2. The first-order valence-electron chi connectivity index (χ1n) is 8.49. The van der Waals surface area contributed by atoms with Crippen molar-refractivity contribution >= 4 is 11.7 Å². The lowest BCUT2D eigenvalue weighted by Gasteiger charge is -2.34. The molecule has 4 heteroatoms. The lowest BCUT2D eigenvalue weighted by atomic mass is 9.83. The molecule has 25 heavy (non-hydrogen) atoms. The third kappa shape index (κ3) is 2.91. The molecule has 1 heterocycles. The SMILES string of the molecule is C=CCOc1cccc(C2NC(=O)NC3=C2CCc2ccccc23)c1. The van der Waals surface area contributed by atoms with Crippen molar-refractivity contribution < 1.29 is 9.53 Å². The van der Waals surface area contributed by atoms with Crippen LogP contribution in [0.15, 0.2) is 66.8 Å². The van der Waals surface area contributed by atoms with Gasteiger partial charge in [0.2, 0.25) is 0 Å². The van der Waals surface area contributed by atoms with Crippen LogP contribution < -0.4 is 15.4 Å². The van der Waals surface area contributed by atoms with Gasteiger partial charge in [-0.2, -0.15) is 0 Å². The summed E-state index contributed by atoms with van der Waals surface area (Å²) < 4.78 is 5.64. The Balaban J connectivity index is 1.75. The van der Waals surface area contributed by atoms with E-state index >= 15 is 0 Å². The van der Waals surface area contributed by atoms with Crippen molar-refractivity contribution in [3.05, 3.63) is 83.4 Å². The summed E-state index contributed by atoms with van der Waals surface area (Å²) in [5.41, 5.74) is 5.61. The molecule has 1 aliphatic heterocycles. The summed E-state index contributed by atoms with van der Waals surface area (Å²) in [5, 5.41) is 6.07. The maximum absolute atomic E-state index is 12.3. The molecule has 0 aromatic heterocycles. The van der Waals surface area contributed by atoms with Crippen molar-refractivity contribution in [2.24, 2.45) is 0 Å². The molecule has 2 aliphatic rings. The number of amides is 2. The van der Waals surface area contributed by atoms with E-state index in [-0.39, 0.29) is 12.1 Å². The zero-order chi connectivity index (χ0) is 17.2. The molecule has 0 saturated heterocycles. The van der Waals surface area contributed by atoms with Crippen LogP contribution in [0.5, 0.6) is 5.75 Å². The number of nitrogens with one attached hydrogen (secondary N) is 2. The molecule has 2 aromatic rings. The summed E-state index contributed by atoms with van der Waals surface area (Å²) in [6.07, 6.45) is 3.62. The number of carbonyl (C=O) groups excluding carboxylic acids is 1. The maximum Gasteiger partial charge on any atom is 0.319 e. The van der Waals surface area contributed by atoms with Crippen LogP contribution in [-0.4, -0.2) is 12.6 Å². The summed E-state index contributed by atoms with van der Waals surface area (Å²) in [6.45, 7) is 4.14. The molecule has 0 fully saturated rings. The Morgan fingerprint density at radius 1 is 1.16 bits per heavy atom. The van der Waals surface area contributed by atoms with Gasteiger partial charge in [-0.15, -0.1) is 0 Å². The van der Waals surface area contributed by atoms with Gasteiger partial charge < -0.3 is 15.4 Å². The van der Waals surface area contributed by atoms with Crippen LogP contribution in [0.3, 0.4) is 0 Å². The topological polar surface area (TPSA) is 50.4 Å². The highest BCUT2D eigenvalue weighted by atomic mass is 16.5. The summed E-state index contributed by atoms with van der Waals surface area (Å²) in [4.78, 5) is 12.3. The second kappa shape index (κ2) is 6.48. The van der Waals surface area contributed by atoms with E-state index in [1.165, 1.54) is 11.1 Å². The molecular weight excluding hydrogens is 312 g/mol. The number of fused-ring (bicyclic) bond motifs is 2. The highest BCUT2D eigenvalue weighted by molar-refractivity contribution is 5.91. The van der Waals surface area contributed by atoms with Gasteiger partial charge in [-0.25, -0.2) is 4.79 Å². The van der Waals surface area contributed by atoms with Gasteiger partial charge in [0, 0.05) is 5.56 Å². The van der Waals surface area contributed by atoms with E-state index in [1.54, 1.807) is 6.08 Å². The predicted octanol–water partition coefficient (Wildman–Crippen LogP) is 3.96. The number of aryl methyl sites for hydroxylation is 1. The second-order valence-corrected chi connectivity index (χ2v) is 6.26. The molecule has 0 radical (unpaired) electrons. The molecule has 4 rings (SSSR count). The van der Waals surface area contributed by atoms with Gasteiger partial charge in [-0.1, -0.05) is 49.1 Å². The standard InChI is InChI=1S/C21H20N2O2/c1-2-12-25-16-8-5-7-15(13-16)19-18-11-10-14-6-3-4-9-17(14)20(18)23-21(24)22-19/h2-9,13,19H,1,10-12H2,(H2,22,23,24). The molecule has 1 aliphatic carbocycles. The number of ether oxygens (including phenoxy) is 1. The van der Waals surface area contributed by atoms with Crippen molar-refractivity contribution in [1.29, 1.82) is 0 Å². The van der Waals surface area contributed by atoms with Crippen LogP contribution in [-0.2, 0) is 6.42 Å². The monoisotopic (exact) mass is 332 g/mol. The van der Waals surface area contributed by atoms with E-state index in [0.717, 1.165) is 35.4 Å². The Morgan fingerprint density at radius 3 is 2.92 bits per heavy atom. The summed E-state index contributed by atoms with van der Waals surface area (Å²) in [5.74, 6) is 0.781. The minimum Gasteiger partial charge on any atom is -0.490 e. The first-order chi connectivity index (χ1) is 12.3. The van der Waals surface area contributed by atoms with Gasteiger partial charge in [0.05, 0.1) is 11.7 Å².